The Kier molecular flexibility index (Phi) is 5.32. The number of benzene rings is 7. The minimum atomic E-state index is -0.430. The average molecular weight is 605 g/mol. The van der Waals surface area contributed by atoms with E-state index < -0.39 is 6.04 Å². The van der Waals surface area contributed by atoms with Gasteiger partial charge in [-0.25, -0.2) is 4.98 Å². The molecule has 9 aromatic rings. The van der Waals surface area contributed by atoms with Crippen LogP contribution in [-0.4, -0.2) is 14.5 Å². The van der Waals surface area contributed by atoms with E-state index in [-0.39, 0.29) is 29.9 Å². The molecule has 9 rings (SSSR count). The molecule has 2 aromatic heterocycles. The van der Waals surface area contributed by atoms with Crippen molar-refractivity contribution in [3.63, 3.8) is 0 Å². The number of fused-ring (bicyclic) bond motifs is 3. The number of hydrogen-bond donors (Lipinski definition) is 0. The lowest BCUT2D eigenvalue weighted by Gasteiger charge is -2.18. The van der Waals surface area contributed by atoms with Crippen LogP contribution < -0.4 is 0 Å². The molecule has 0 saturated carbocycles. The van der Waals surface area contributed by atoms with Crippen LogP contribution in [0.1, 0.15) is 6.85 Å². The number of nitrogens with zero attached hydrogens (tertiary/aromatic N) is 3. The molecule has 220 valence electrons. The first-order valence-electron chi connectivity index (χ1n) is 18.0. The van der Waals surface area contributed by atoms with Crippen molar-refractivity contribution in [2.75, 3.05) is 0 Å². The zero-order chi connectivity index (χ0) is 35.5. The molecule has 0 aliphatic rings. The van der Waals surface area contributed by atoms with E-state index in [0.29, 0.717) is 16.9 Å². The van der Waals surface area contributed by atoms with Gasteiger partial charge in [-0.3, -0.25) is 9.55 Å². The van der Waals surface area contributed by atoms with E-state index in [0.717, 1.165) is 54.9 Å². The maximum atomic E-state index is 8.76. The van der Waals surface area contributed by atoms with Gasteiger partial charge in [-0.15, -0.1) is 0 Å². The largest absolute Gasteiger partial charge is 0.292 e. The van der Waals surface area contributed by atoms with Gasteiger partial charge in [0.15, 0.2) is 0 Å². The van der Waals surface area contributed by atoms with Crippen LogP contribution in [-0.2, 0) is 0 Å². The average Bonchev–Trinajstić information content (AvgIpc) is 3.58. The van der Waals surface area contributed by atoms with E-state index in [1.807, 2.05) is 48.7 Å². The highest BCUT2D eigenvalue weighted by Gasteiger charge is 2.18. The molecule has 3 heteroatoms. The van der Waals surface area contributed by atoms with E-state index in [9.17, 15) is 0 Å². The molecule has 0 spiro atoms. The number of rotatable bonds is 5. The van der Waals surface area contributed by atoms with Gasteiger partial charge >= 0.3 is 0 Å². The predicted molar refractivity (Wildman–Crippen MR) is 196 cm³/mol. The molecule has 0 unspecified atom stereocenters. The second-order valence-corrected chi connectivity index (χ2v) is 11.5. The van der Waals surface area contributed by atoms with Crippen molar-refractivity contribution in [3.8, 4) is 50.5 Å². The minimum absolute atomic E-state index is 0.0685. The highest BCUT2D eigenvalue weighted by atomic mass is 15.1. The van der Waals surface area contributed by atoms with Crippen LogP contribution >= 0.6 is 0 Å². The summed E-state index contributed by atoms with van der Waals surface area (Å²) in [6.07, 6.45) is 3.68. The first-order chi connectivity index (χ1) is 25.4. The Morgan fingerprint density at radius 1 is 0.489 bits per heavy atom. The summed E-state index contributed by atoms with van der Waals surface area (Å²) in [6.45, 7) is 0. The van der Waals surface area contributed by atoms with Crippen LogP contribution in [0.3, 0.4) is 0 Å². The van der Waals surface area contributed by atoms with E-state index in [4.69, 9.17) is 11.8 Å². The smallest absolute Gasteiger partial charge is 0.145 e. The third-order valence-electron chi connectivity index (χ3n) is 8.78. The Labute approximate surface area is 280 Å². The summed E-state index contributed by atoms with van der Waals surface area (Å²) in [4.78, 5) is 9.26. The number of aromatic nitrogens is 3. The fraction of sp³-hybridized carbons (Fsp3) is 0. The number of hydrogen-bond acceptors (Lipinski definition) is 2. The number of para-hydroxylation sites is 3. The van der Waals surface area contributed by atoms with Crippen molar-refractivity contribution in [1.82, 2.24) is 14.5 Å². The van der Waals surface area contributed by atoms with Gasteiger partial charge in [-0.1, -0.05) is 127 Å². The number of imidazole rings is 1. The van der Waals surface area contributed by atoms with Crippen molar-refractivity contribution in [3.05, 3.63) is 176 Å². The maximum Gasteiger partial charge on any atom is 0.145 e. The Bertz CT molecular complexity index is 2760. The van der Waals surface area contributed by atoms with Gasteiger partial charge in [0.1, 0.15) is 5.82 Å². The van der Waals surface area contributed by atoms with Crippen LogP contribution in [0.25, 0.3) is 83.0 Å². The van der Waals surface area contributed by atoms with Crippen molar-refractivity contribution in [2.24, 2.45) is 0 Å². The summed E-state index contributed by atoms with van der Waals surface area (Å²) < 4.78 is 44.0. The molecule has 2 heterocycles. The summed E-state index contributed by atoms with van der Waals surface area (Å²) in [5, 5.41) is 4.54. The molecule has 0 N–H and O–H groups in total. The van der Waals surface area contributed by atoms with Crippen molar-refractivity contribution < 1.29 is 6.85 Å². The summed E-state index contributed by atoms with van der Waals surface area (Å²) in [7, 11) is 0. The Morgan fingerprint density at radius 3 is 1.77 bits per heavy atom. The van der Waals surface area contributed by atoms with E-state index in [1.165, 1.54) is 5.56 Å². The molecule has 0 amide bonds. The fourth-order valence-corrected chi connectivity index (χ4v) is 6.73. The van der Waals surface area contributed by atoms with Crippen molar-refractivity contribution in [1.29, 1.82) is 0 Å². The monoisotopic (exact) mass is 604 g/mol. The first-order valence-corrected chi connectivity index (χ1v) is 15.5. The maximum absolute atomic E-state index is 8.76. The molecule has 47 heavy (non-hydrogen) atoms. The molecule has 0 bridgehead atoms. The third kappa shape index (κ3) is 4.60. The van der Waals surface area contributed by atoms with E-state index in [2.05, 4.69) is 96.0 Å². The second-order valence-electron chi connectivity index (χ2n) is 11.5. The molecule has 0 radical (unpaired) electrons. The van der Waals surface area contributed by atoms with Crippen LogP contribution in [0.15, 0.2) is 176 Å². The molecular weight excluding hydrogens is 571 g/mol. The Hall–Kier alpha value is -6.32. The standard InChI is InChI=1S/C44H29N3/c1-2-15-35(16-3-1)47-41-22-9-8-21-40(41)46-44(47)31-25-23-30(24-26-31)42-36-17-4-6-19-38(36)43(39-20-7-5-18-37(39)42)33-13-10-12-32(28-33)34-14-11-27-45-29-34/h1-29H/i1D,2D,3D,15D,16D. The molecule has 7 aromatic carbocycles. The van der Waals surface area contributed by atoms with E-state index in [1.54, 1.807) is 10.8 Å². The van der Waals surface area contributed by atoms with Gasteiger partial charge in [0.2, 0.25) is 0 Å². The summed E-state index contributed by atoms with van der Waals surface area (Å²) >= 11 is 0. The molecular formula is C44H29N3. The van der Waals surface area contributed by atoms with Crippen LogP contribution in [0.2, 0.25) is 0 Å². The quantitative estimate of drug-likeness (QED) is 0.183. The summed E-state index contributed by atoms with van der Waals surface area (Å²) in [6, 6.07) is 43.6. The number of pyridine rings is 1. The van der Waals surface area contributed by atoms with Gasteiger partial charge in [0.05, 0.1) is 17.9 Å². The molecule has 0 fully saturated rings. The first kappa shape index (κ1) is 22.2. The second kappa shape index (κ2) is 11.2. The van der Waals surface area contributed by atoms with Crippen LogP contribution in [0.4, 0.5) is 0 Å². The van der Waals surface area contributed by atoms with Crippen LogP contribution in [0, 0.1) is 0 Å². The van der Waals surface area contributed by atoms with E-state index >= 15 is 0 Å². The fourth-order valence-electron chi connectivity index (χ4n) is 6.73. The van der Waals surface area contributed by atoms with Gasteiger partial charge < -0.3 is 0 Å². The van der Waals surface area contributed by atoms with Gasteiger partial charge in [-0.2, -0.15) is 0 Å². The highest BCUT2D eigenvalue weighted by Crippen LogP contribution is 2.44. The molecule has 0 aliphatic carbocycles. The third-order valence-corrected chi connectivity index (χ3v) is 8.78. The lowest BCUT2D eigenvalue weighted by atomic mass is 9.85. The van der Waals surface area contributed by atoms with Crippen molar-refractivity contribution in [2.45, 2.75) is 0 Å². The zero-order valence-corrected chi connectivity index (χ0v) is 25.2. The summed E-state index contributed by atoms with van der Waals surface area (Å²) in [5.74, 6) is 0.491. The highest BCUT2D eigenvalue weighted by molar-refractivity contribution is 6.21. The van der Waals surface area contributed by atoms with Gasteiger partial charge in [0, 0.05) is 29.2 Å². The Balaban J connectivity index is 1.23. The Morgan fingerprint density at radius 2 is 1.09 bits per heavy atom. The molecule has 3 nitrogen and oxygen atoms in total. The van der Waals surface area contributed by atoms with Gasteiger partial charge in [0.25, 0.3) is 0 Å². The molecule has 0 aliphatic heterocycles. The summed E-state index contributed by atoms with van der Waals surface area (Å²) in [5.41, 5.74) is 8.74. The zero-order valence-electron chi connectivity index (χ0n) is 30.2. The topological polar surface area (TPSA) is 30.7 Å². The molecule has 0 atom stereocenters. The lowest BCUT2D eigenvalue weighted by Crippen LogP contribution is -1.97. The SMILES string of the molecule is [2H]c1c([2H])c([2H])c(-n2c(-c3ccc(-c4c5ccccc5c(-c5cccc(-c6cccnc6)c5)c5ccccc45)cc3)nc3ccccc32)c([2H])c1[2H]. The van der Waals surface area contributed by atoms with Gasteiger partial charge in [-0.05, 0) is 85.7 Å². The lowest BCUT2D eigenvalue weighted by molar-refractivity contribution is 1.10. The normalized spacial score (nSPS) is 12.9. The van der Waals surface area contributed by atoms with Crippen molar-refractivity contribution >= 4 is 32.6 Å². The van der Waals surface area contributed by atoms with Crippen LogP contribution in [0.5, 0.6) is 0 Å². The minimum Gasteiger partial charge on any atom is -0.292 e. The predicted octanol–water partition coefficient (Wildman–Crippen LogP) is 11.4. The molecule has 0 saturated heterocycles.